The number of pyridine rings is 1. The van der Waals surface area contributed by atoms with Gasteiger partial charge in [0.05, 0.1) is 17.1 Å². The Morgan fingerprint density at radius 2 is 2.00 bits per heavy atom. The Morgan fingerprint density at radius 1 is 1.15 bits per heavy atom. The molecule has 1 aliphatic carbocycles. The molecule has 0 saturated heterocycles. The molecule has 0 atom stereocenters. The van der Waals surface area contributed by atoms with Crippen LogP contribution in [0.2, 0.25) is 0 Å². The van der Waals surface area contributed by atoms with E-state index in [0.29, 0.717) is 6.04 Å². The van der Waals surface area contributed by atoms with Crippen molar-refractivity contribution in [3.8, 4) is 11.3 Å². The summed E-state index contributed by atoms with van der Waals surface area (Å²) in [4.78, 5) is 8.15. The van der Waals surface area contributed by atoms with Gasteiger partial charge >= 0.3 is 0 Å². The lowest BCUT2D eigenvalue weighted by Crippen LogP contribution is -2.22. The first kappa shape index (κ1) is 17.0. The minimum atomic E-state index is 0.524. The molecule has 1 fully saturated rings. The van der Waals surface area contributed by atoms with Crippen LogP contribution in [0.5, 0.6) is 0 Å². The van der Waals surface area contributed by atoms with Crippen molar-refractivity contribution < 1.29 is 0 Å². The van der Waals surface area contributed by atoms with Crippen molar-refractivity contribution in [1.29, 1.82) is 0 Å². The third-order valence-corrected chi connectivity index (χ3v) is 5.26. The Morgan fingerprint density at radius 3 is 2.73 bits per heavy atom. The third-order valence-electron chi connectivity index (χ3n) is 5.26. The van der Waals surface area contributed by atoms with Crippen LogP contribution in [0.15, 0.2) is 24.4 Å². The molecule has 0 radical (unpaired) electrons. The first-order chi connectivity index (χ1) is 12.7. The zero-order valence-electron chi connectivity index (χ0n) is 15.7. The SMILES string of the molecule is CCCc1cc2c(NC3CCCCC3)c(-c3ccc(C)nn3)cnc2[nH]1. The van der Waals surface area contributed by atoms with Gasteiger partial charge in [-0.2, -0.15) is 10.2 Å². The fourth-order valence-corrected chi connectivity index (χ4v) is 3.88. The second-order valence-electron chi connectivity index (χ2n) is 7.39. The molecule has 1 aliphatic rings. The monoisotopic (exact) mass is 349 g/mol. The average Bonchev–Trinajstić information content (AvgIpc) is 3.07. The Balaban J connectivity index is 1.80. The number of hydrogen-bond acceptors (Lipinski definition) is 4. The van der Waals surface area contributed by atoms with Crippen molar-refractivity contribution in [3.63, 3.8) is 0 Å². The number of nitrogens with one attached hydrogen (secondary N) is 2. The summed E-state index contributed by atoms with van der Waals surface area (Å²) < 4.78 is 0. The Kier molecular flexibility index (Phi) is 4.87. The summed E-state index contributed by atoms with van der Waals surface area (Å²) in [5, 5.41) is 13.7. The highest BCUT2D eigenvalue weighted by atomic mass is 15.1. The number of nitrogens with zero attached hydrogens (tertiary/aromatic N) is 3. The van der Waals surface area contributed by atoms with Crippen LogP contribution in [0.25, 0.3) is 22.3 Å². The Bertz CT molecular complexity index is 875. The molecule has 0 amide bonds. The number of H-pyrrole nitrogens is 1. The zero-order valence-corrected chi connectivity index (χ0v) is 15.7. The van der Waals surface area contributed by atoms with Gasteiger partial charge in [0.25, 0.3) is 0 Å². The van der Waals surface area contributed by atoms with Crippen molar-refractivity contribution in [3.05, 3.63) is 35.8 Å². The van der Waals surface area contributed by atoms with Crippen molar-refractivity contribution in [2.45, 2.75) is 64.8 Å². The molecule has 3 aromatic rings. The van der Waals surface area contributed by atoms with Crippen LogP contribution in [0.1, 0.15) is 56.8 Å². The summed E-state index contributed by atoms with van der Waals surface area (Å²) in [6.45, 7) is 4.16. The van der Waals surface area contributed by atoms with E-state index in [1.165, 1.54) is 43.2 Å². The number of anilines is 1. The highest BCUT2D eigenvalue weighted by molar-refractivity contribution is 5.98. The normalized spacial score (nSPS) is 15.5. The van der Waals surface area contributed by atoms with Crippen LogP contribution in [0.4, 0.5) is 5.69 Å². The topological polar surface area (TPSA) is 66.5 Å². The van der Waals surface area contributed by atoms with E-state index >= 15 is 0 Å². The second-order valence-corrected chi connectivity index (χ2v) is 7.39. The molecule has 3 heterocycles. The fourth-order valence-electron chi connectivity index (χ4n) is 3.88. The first-order valence-corrected chi connectivity index (χ1v) is 9.82. The molecule has 0 spiro atoms. The summed E-state index contributed by atoms with van der Waals surface area (Å²) in [5.41, 5.74) is 6.19. The summed E-state index contributed by atoms with van der Waals surface area (Å²) in [5.74, 6) is 0. The van der Waals surface area contributed by atoms with Gasteiger partial charge in [0, 0.05) is 28.9 Å². The van der Waals surface area contributed by atoms with Gasteiger partial charge in [0.15, 0.2) is 0 Å². The van der Waals surface area contributed by atoms with E-state index in [1.807, 2.05) is 25.3 Å². The quantitative estimate of drug-likeness (QED) is 0.678. The fraction of sp³-hybridized carbons (Fsp3) is 0.476. The van der Waals surface area contributed by atoms with E-state index in [4.69, 9.17) is 0 Å². The molecular weight excluding hydrogens is 322 g/mol. The second kappa shape index (κ2) is 7.44. The molecule has 5 nitrogen and oxygen atoms in total. The van der Waals surface area contributed by atoms with E-state index in [1.54, 1.807) is 0 Å². The maximum atomic E-state index is 4.67. The van der Waals surface area contributed by atoms with Crippen molar-refractivity contribution in [1.82, 2.24) is 20.2 Å². The molecule has 3 aromatic heterocycles. The van der Waals surface area contributed by atoms with E-state index in [-0.39, 0.29) is 0 Å². The minimum Gasteiger partial charge on any atom is -0.381 e. The van der Waals surface area contributed by atoms with Gasteiger partial charge < -0.3 is 10.3 Å². The van der Waals surface area contributed by atoms with Crippen LogP contribution in [0, 0.1) is 6.92 Å². The van der Waals surface area contributed by atoms with Crippen LogP contribution >= 0.6 is 0 Å². The predicted octanol–water partition coefficient (Wildman–Crippen LogP) is 5.03. The van der Waals surface area contributed by atoms with Crippen molar-refractivity contribution >= 4 is 16.7 Å². The van der Waals surface area contributed by atoms with Crippen LogP contribution in [-0.2, 0) is 6.42 Å². The van der Waals surface area contributed by atoms with Crippen LogP contribution in [0.3, 0.4) is 0 Å². The summed E-state index contributed by atoms with van der Waals surface area (Å²) in [6, 6.07) is 6.83. The molecule has 1 saturated carbocycles. The zero-order chi connectivity index (χ0) is 17.9. The Hall–Kier alpha value is -2.43. The standard InChI is InChI=1S/C21H27N5/c1-3-7-16-12-17-20(23-15-8-5-4-6-9-15)18(13-22-21(17)24-16)19-11-10-14(2)25-26-19/h10-13,15H,3-9H2,1-2H3,(H2,22,23,24). The lowest BCUT2D eigenvalue weighted by Gasteiger charge is -2.25. The van der Waals surface area contributed by atoms with Gasteiger partial charge in [0.1, 0.15) is 5.65 Å². The number of aromatic amines is 1. The number of aryl methyl sites for hydroxylation is 2. The molecule has 26 heavy (non-hydrogen) atoms. The van der Waals surface area contributed by atoms with E-state index in [0.717, 1.165) is 41.1 Å². The van der Waals surface area contributed by atoms with Gasteiger partial charge in [-0.05, 0) is 44.4 Å². The number of fused-ring (bicyclic) bond motifs is 1. The molecule has 2 N–H and O–H groups in total. The smallest absolute Gasteiger partial charge is 0.139 e. The van der Waals surface area contributed by atoms with E-state index in [2.05, 4.69) is 38.5 Å². The van der Waals surface area contributed by atoms with Gasteiger partial charge in [-0.15, -0.1) is 0 Å². The largest absolute Gasteiger partial charge is 0.381 e. The maximum absolute atomic E-state index is 4.67. The molecule has 0 unspecified atom stereocenters. The summed E-state index contributed by atoms with van der Waals surface area (Å²) in [7, 11) is 0. The molecule has 4 rings (SSSR count). The molecule has 5 heteroatoms. The molecule has 0 bridgehead atoms. The highest BCUT2D eigenvalue weighted by Gasteiger charge is 2.19. The lowest BCUT2D eigenvalue weighted by molar-refractivity contribution is 0.463. The predicted molar refractivity (Wildman–Crippen MR) is 106 cm³/mol. The van der Waals surface area contributed by atoms with Crippen molar-refractivity contribution in [2.24, 2.45) is 0 Å². The summed E-state index contributed by atoms with van der Waals surface area (Å²) >= 11 is 0. The molecular formula is C21H27N5. The summed E-state index contributed by atoms with van der Waals surface area (Å²) in [6.07, 6.45) is 10.5. The van der Waals surface area contributed by atoms with Crippen molar-refractivity contribution in [2.75, 3.05) is 5.32 Å². The molecule has 0 aliphatic heterocycles. The lowest BCUT2D eigenvalue weighted by atomic mass is 9.94. The maximum Gasteiger partial charge on any atom is 0.139 e. The first-order valence-electron chi connectivity index (χ1n) is 9.82. The third kappa shape index (κ3) is 3.43. The van der Waals surface area contributed by atoms with Gasteiger partial charge in [-0.25, -0.2) is 4.98 Å². The average molecular weight is 349 g/mol. The number of rotatable bonds is 5. The van der Waals surface area contributed by atoms with E-state index in [9.17, 15) is 0 Å². The van der Waals surface area contributed by atoms with Crippen LogP contribution < -0.4 is 5.32 Å². The molecule has 136 valence electrons. The number of hydrogen-bond donors (Lipinski definition) is 2. The minimum absolute atomic E-state index is 0.524. The number of aromatic nitrogens is 4. The van der Waals surface area contributed by atoms with Gasteiger partial charge in [0.2, 0.25) is 0 Å². The molecule has 0 aromatic carbocycles. The van der Waals surface area contributed by atoms with Gasteiger partial charge in [-0.1, -0.05) is 32.6 Å². The van der Waals surface area contributed by atoms with E-state index < -0.39 is 0 Å². The van der Waals surface area contributed by atoms with Gasteiger partial charge in [-0.3, -0.25) is 0 Å². The Labute approximate surface area is 154 Å². The highest BCUT2D eigenvalue weighted by Crippen LogP contribution is 2.35. The van der Waals surface area contributed by atoms with Crippen LogP contribution in [-0.4, -0.2) is 26.2 Å².